The number of nitrogens with two attached hydrogens (primary N) is 1. The molecular weight excluding hydrogens is 522 g/mol. The average molecular weight is 550 g/mol. The van der Waals surface area contributed by atoms with Crippen LogP contribution in [0.5, 0.6) is 0 Å². The number of nitrogens with zero attached hydrogens (tertiary/aromatic N) is 2. The number of fused-ring (bicyclic) bond motifs is 3. The molecular formula is C32H28ClN5O2. The Morgan fingerprint density at radius 2 is 1.80 bits per heavy atom. The SMILES string of the molecule is NC(CC(=O)N1CCc2c([nH]c3ccccc23)C1c1cccc(Cl)c1)c1ccc(C(=O)Nc2ccncc2)cc1. The topological polar surface area (TPSA) is 104 Å². The third-order valence-corrected chi connectivity index (χ3v) is 7.69. The van der Waals surface area contributed by atoms with Crippen molar-refractivity contribution in [3.8, 4) is 0 Å². The summed E-state index contributed by atoms with van der Waals surface area (Å²) in [5.74, 6) is -0.268. The van der Waals surface area contributed by atoms with Crippen molar-refractivity contribution in [3.63, 3.8) is 0 Å². The molecule has 2 amide bonds. The quantitative estimate of drug-likeness (QED) is 0.240. The maximum Gasteiger partial charge on any atom is 0.255 e. The molecule has 2 aromatic heterocycles. The highest BCUT2D eigenvalue weighted by Gasteiger charge is 2.35. The average Bonchev–Trinajstić information content (AvgIpc) is 3.36. The molecule has 40 heavy (non-hydrogen) atoms. The lowest BCUT2D eigenvalue weighted by Crippen LogP contribution is -2.41. The molecule has 8 heteroatoms. The first-order valence-electron chi connectivity index (χ1n) is 13.2. The zero-order valence-electron chi connectivity index (χ0n) is 21.7. The Kier molecular flexibility index (Phi) is 7.07. The number of halogens is 1. The van der Waals surface area contributed by atoms with Crippen molar-refractivity contribution in [2.45, 2.75) is 24.9 Å². The molecule has 0 aliphatic carbocycles. The molecule has 0 spiro atoms. The van der Waals surface area contributed by atoms with Crippen molar-refractivity contribution >= 4 is 40.0 Å². The molecule has 200 valence electrons. The summed E-state index contributed by atoms with van der Waals surface area (Å²) >= 11 is 6.38. The van der Waals surface area contributed by atoms with E-state index in [1.54, 1.807) is 48.8 Å². The largest absolute Gasteiger partial charge is 0.356 e. The number of carbonyl (C=O) groups excluding carboxylic acids is 2. The summed E-state index contributed by atoms with van der Waals surface area (Å²) in [6.45, 7) is 0.575. The fourth-order valence-corrected chi connectivity index (χ4v) is 5.67. The van der Waals surface area contributed by atoms with Gasteiger partial charge in [-0.1, -0.05) is 54.1 Å². The van der Waals surface area contributed by atoms with Gasteiger partial charge in [0.25, 0.3) is 5.91 Å². The Morgan fingerprint density at radius 1 is 1.02 bits per heavy atom. The predicted molar refractivity (Wildman–Crippen MR) is 157 cm³/mol. The normalized spacial score (nSPS) is 15.4. The van der Waals surface area contributed by atoms with Gasteiger partial charge in [0.15, 0.2) is 0 Å². The molecule has 4 N–H and O–H groups in total. The van der Waals surface area contributed by atoms with Gasteiger partial charge in [-0.05, 0) is 65.6 Å². The highest BCUT2D eigenvalue weighted by atomic mass is 35.5. The van der Waals surface area contributed by atoms with E-state index in [1.807, 2.05) is 41.3 Å². The molecule has 3 aromatic carbocycles. The number of benzene rings is 3. The maximum absolute atomic E-state index is 13.8. The van der Waals surface area contributed by atoms with E-state index in [1.165, 1.54) is 10.9 Å². The molecule has 6 rings (SSSR count). The van der Waals surface area contributed by atoms with Crippen molar-refractivity contribution in [1.29, 1.82) is 0 Å². The van der Waals surface area contributed by atoms with Gasteiger partial charge in [0, 0.05) is 64.3 Å². The van der Waals surface area contributed by atoms with Crippen LogP contribution >= 0.6 is 11.6 Å². The molecule has 0 saturated heterocycles. The van der Waals surface area contributed by atoms with Crippen LogP contribution in [0.2, 0.25) is 5.02 Å². The van der Waals surface area contributed by atoms with Crippen molar-refractivity contribution in [2.75, 3.05) is 11.9 Å². The first-order chi connectivity index (χ1) is 19.5. The molecule has 5 aromatic rings. The Labute approximate surface area is 237 Å². The van der Waals surface area contributed by atoms with E-state index in [2.05, 4.69) is 27.4 Å². The van der Waals surface area contributed by atoms with E-state index in [9.17, 15) is 9.59 Å². The third kappa shape index (κ3) is 5.09. The number of nitrogens with one attached hydrogen (secondary N) is 2. The number of hydrogen-bond donors (Lipinski definition) is 3. The van der Waals surface area contributed by atoms with Gasteiger partial charge in [0.2, 0.25) is 5.91 Å². The van der Waals surface area contributed by atoms with Crippen LogP contribution < -0.4 is 11.1 Å². The monoisotopic (exact) mass is 549 g/mol. The standard InChI is InChI=1S/C32H28ClN5O2/c33-23-5-3-4-22(18-23)31-30-26(25-6-1-2-7-28(25)37-30)14-17-38(31)29(39)19-27(34)20-8-10-21(11-9-20)32(40)36-24-12-15-35-16-13-24/h1-13,15-16,18,27,31,37H,14,17,19,34H2,(H,35,36,40). The van der Waals surface area contributed by atoms with Crippen LogP contribution in [0.15, 0.2) is 97.3 Å². The molecule has 0 fully saturated rings. The Morgan fingerprint density at radius 3 is 2.58 bits per heavy atom. The zero-order valence-corrected chi connectivity index (χ0v) is 22.4. The maximum atomic E-state index is 13.8. The summed E-state index contributed by atoms with van der Waals surface area (Å²) in [7, 11) is 0. The number of rotatable bonds is 6. The van der Waals surface area contributed by atoms with Gasteiger partial charge >= 0.3 is 0 Å². The summed E-state index contributed by atoms with van der Waals surface area (Å²) in [6, 6.07) is 25.6. The summed E-state index contributed by atoms with van der Waals surface area (Å²) in [5.41, 5.74) is 12.7. The summed E-state index contributed by atoms with van der Waals surface area (Å²) in [6.07, 6.45) is 4.12. The van der Waals surface area contributed by atoms with Crippen LogP contribution in [0.3, 0.4) is 0 Å². The van der Waals surface area contributed by atoms with Gasteiger partial charge in [-0.25, -0.2) is 0 Å². The lowest BCUT2D eigenvalue weighted by atomic mass is 9.91. The summed E-state index contributed by atoms with van der Waals surface area (Å²) < 4.78 is 0. The van der Waals surface area contributed by atoms with Crippen LogP contribution in [-0.2, 0) is 11.2 Å². The van der Waals surface area contributed by atoms with Crippen LogP contribution in [0.25, 0.3) is 10.9 Å². The first kappa shape index (κ1) is 25.8. The molecule has 3 heterocycles. The molecule has 2 unspecified atom stereocenters. The Bertz CT molecular complexity index is 1680. The number of amides is 2. The van der Waals surface area contributed by atoms with Crippen molar-refractivity contribution in [1.82, 2.24) is 14.9 Å². The van der Waals surface area contributed by atoms with Crippen LogP contribution in [0, 0.1) is 0 Å². The highest BCUT2D eigenvalue weighted by Crippen LogP contribution is 2.39. The second-order valence-electron chi connectivity index (χ2n) is 9.98. The predicted octanol–water partition coefficient (Wildman–Crippen LogP) is 6.03. The number of aromatic amines is 1. The van der Waals surface area contributed by atoms with Crippen LogP contribution in [-0.4, -0.2) is 33.2 Å². The molecule has 1 aliphatic heterocycles. The molecule has 0 bridgehead atoms. The lowest BCUT2D eigenvalue weighted by Gasteiger charge is -2.37. The molecule has 7 nitrogen and oxygen atoms in total. The van der Waals surface area contributed by atoms with E-state index in [4.69, 9.17) is 17.3 Å². The number of para-hydroxylation sites is 1. The Balaban J connectivity index is 1.22. The second kappa shape index (κ2) is 11.0. The first-order valence-corrected chi connectivity index (χ1v) is 13.6. The molecule has 0 saturated carbocycles. The number of aromatic nitrogens is 2. The van der Waals surface area contributed by atoms with Crippen molar-refractivity contribution < 1.29 is 9.59 Å². The Hall–Kier alpha value is -4.46. The number of H-pyrrole nitrogens is 1. The number of anilines is 1. The van der Waals surface area contributed by atoms with Gasteiger partial charge in [-0.2, -0.15) is 0 Å². The van der Waals surface area contributed by atoms with E-state index < -0.39 is 6.04 Å². The van der Waals surface area contributed by atoms with Gasteiger partial charge in [-0.3, -0.25) is 14.6 Å². The minimum Gasteiger partial charge on any atom is -0.356 e. The van der Waals surface area contributed by atoms with Gasteiger partial charge in [-0.15, -0.1) is 0 Å². The van der Waals surface area contributed by atoms with Gasteiger partial charge in [0.1, 0.15) is 0 Å². The smallest absolute Gasteiger partial charge is 0.255 e. The molecule has 2 atom stereocenters. The van der Waals surface area contributed by atoms with Gasteiger partial charge < -0.3 is 20.9 Å². The summed E-state index contributed by atoms with van der Waals surface area (Å²) in [4.78, 5) is 35.8. The fourth-order valence-electron chi connectivity index (χ4n) is 5.48. The minimum atomic E-state index is -0.520. The lowest BCUT2D eigenvalue weighted by molar-refractivity contribution is -0.133. The number of pyridine rings is 1. The highest BCUT2D eigenvalue weighted by molar-refractivity contribution is 6.30. The van der Waals surface area contributed by atoms with E-state index in [0.29, 0.717) is 22.8 Å². The zero-order chi connectivity index (χ0) is 27.6. The summed E-state index contributed by atoms with van der Waals surface area (Å²) in [5, 5.41) is 4.65. The minimum absolute atomic E-state index is 0.0405. The second-order valence-corrected chi connectivity index (χ2v) is 10.4. The van der Waals surface area contributed by atoms with Gasteiger partial charge in [0.05, 0.1) is 6.04 Å². The molecule has 0 radical (unpaired) electrons. The fraction of sp³-hybridized carbons (Fsp3) is 0.156. The van der Waals surface area contributed by atoms with Crippen molar-refractivity contribution in [2.24, 2.45) is 5.73 Å². The van der Waals surface area contributed by atoms with E-state index in [0.717, 1.165) is 28.8 Å². The van der Waals surface area contributed by atoms with E-state index >= 15 is 0 Å². The van der Waals surface area contributed by atoms with Crippen LogP contribution in [0.1, 0.15) is 51.2 Å². The van der Waals surface area contributed by atoms with Crippen LogP contribution in [0.4, 0.5) is 5.69 Å². The number of carbonyl (C=O) groups is 2. The third-order valence-electron chi connectivity index (χ3n) is 7.45. The van der Waals surface area contributed by atoms with E-state index in [-0.39, 0.29) is 24.3 Å². The number of hydrogen-bond acceptors (Lipinski definition) is 4. The van der Waals surface area contributed by atoms with Crippen molar-refractivity contribution in [3.05, 3.63) is 130 Å². The molecule has 1 aliphatic rings.